The lowest BCUT2D eigenvalue weighted by Crippen LogP contribution is -2.26. The molecule has 0 aliphatic heterocycles. The average Bonchev–Trinajstić information content (AvgIpc) is 3.37. The van der Waals surface area contributed by atoms with Crippen LogP contribution in [-0.4, -0.2) is 34.5 Å². The van der Waals surface area contributed by atoms with Crippen molar-refractivity contribution in [3.8, 4) is 5.75 Å². The highest BCUT2D eigenvalue weighted by atomic mass is 16.5. The first-order chi connectivity index (χ1) is 12.7. The largest absolute Gasteiger partial charge is 0.490 e. The highest BCUT2D eigenvalue weighted by Gasteiger charge is 2.28. The highest BCUT2D eigenvalue weighted by molar-refractivity contribution is 5.92. The molecule has 2 amide bonds. The maximum Gasteiger partial charge on any atom is 0.224 e. The van der Waals surface area contributed by atoms with Gasteiger partial charge in [-0.25, -0.2) is 4.98 Å². The summed E-state index contributed by atoms with van der Waals surface area (Å²) >= 11 is 0. The van der Waals surface area contributed by atoms with Crippen LogP contribution in [0.2, 0.25) is 0 Å². The Morgan fingerprint density at radius 3 is 2.88 bits per heavy atom. The molecule has 0 saturated heterocycles. The third-order valence-electron chi connectivity index (χ3n) is 4.16. The van der Waals surface area contributed by atoms with Crippen LogP contribution < -0.4 is 15.4 Å². The predicted octanol–water partition coefficient (Wildman–Crippen LogP) is 2.21. The number of para-hydroxylation sites is 2. The van der Waals surface area contributed by atoms with Crippen LogP contribution in [0, 0.1) is 5.92 Å². The number of ether oxygens (including phenoxy) is 1. The van der Waals surface area contributed by atoms with Crippen molar-refractivity contribution < 1.29 is 14.3 Å². The van der Waals surface area contributed by atoms with Gasteiger partial charge in [-0.1, -0.05) is 12.1 Å². The molecule has 0 atom stereocenters. The predicted molar refractivity (Wildman–Crippen MR) is 97.8 cm³/mol. The van der Waals surface area contributed by atoms with Crippen molar-refractivity contribution in [2.75, 3.05) is 18.5 Å². The molecule has 1 aliphatic carbocycles. The van der Waals surface area contributed by atoms with Gasteiger partial charge in [-0.15, -0.1) is 0 Å². The Balaban J connectivity index is 1.40. The number of carbonyl (C=O) groups is 2. The van der Waals surface area contributed by atoms with Crippen LogP contribution in [0.5, 0.6) is 5.75 Å². The molecular weight excluding hydrogens is 332 g/mol. The molecule has 138 valence electrons. The zero-order valence-electron chi connectivity index (χ0n) is 14.7. The van der Waals surface area contributed by atoms with E-state index in [2.05, 4.69) is 15.6 Å². The fourth-order valence-corrected chi connectivity index (χ4v) is 2.54. The van der Waals surface area contributed by atoms with Gasteiger partial charge in [0.15, 0.2) is 0 Å². The Morgan fingerprint density at radius 1 is 1.27 bits per heavy atom. The molecule has 1 heterocycles. The number of benzene rings is 1. The first-order valence-electron chi connectivity index (χ1n) is 8.97. The Hall–Kier alpha value is -2.83. The molecule has 2 N–H and O–H groups in total. The van der Waals surface area contributed by atoms with E-state index >= 15 is 0 Å². The molecule has 1 aromatic carbocycles. The van der Waals surface area contributed by atoms with Gasteiger partial charge in [-0.05, 0) is 31.4 Å². The van der Waals surface area contributed by atoms with Crippen molar-refractivity contribution in [2.45, 2.75) is 32.2 Å². The van der Waals surface area contributed by atoms with Crippen LogP contribution in [0.25, 0.3) is 0 Å². The number of nitrogens with zero attached hydrogens (tertiary/aromatic N) is 2. The van der Waals surface area contributed by atoms with Gasteiger partial charge in [0, 0.05) is 31.3 Å². The van der Waals surface area contributed by atoms with Crippen LogP contribution in [0.1, 0.15) is 25.7 Å². The Morgan fingerprint density at radius 2 is 2.12 bits per heavy atom. The maximum absolute atomic E-state index is 12.1. The first-order valence-corrected chi connectivity index (χ1v) is 8.97. The number of hydrogen-bond donors (Lipinski definition) is 2. The van der Waals surface area contributed by atoms with Crippen molar-refractivity contribution in [3.05, 3.63) is 43.0 Å². The summed E-state index contributed by atoms with van der Waals surface area (Å²) in [7, 11) is 0. The number of imidazole rings is 1. The molecule has 0 spiro atoms. The maximum atomic E-state index is 12.1. The van der Waals surface area contributed by atoms with Crippen molar-refractivity contribution in [1.82, 2.24) is 14.9 Å². The fraction of sp³-hybridized carbons (Fsp3) is 0.421. The highest BCUT2D eigenvalue weighted by Crippen LogP contribution is 2.28. The van der Waals surface area contributed by atoms with Gasteiger partial charge in [0.25, 0.3) is 0 Å². The lowest BCUT2D eigenvalue weighted by molar-refractivity contribution is -0.122. The smallest absolute Gasteiger partial charge is 0.224 e. The van der Waals surface area contributed by atoms with Gasteiger partial charge in [0.2, 0.25) is 11.8 Å². The zero-order chi connectivity index (χ0) is 18.2. The van der Waals surface area contributed by atoms with Gasteiger partial charge >= 0.3 is 0 Å². The molecule has 7 nitrogen and oxygen atoms in total. The van der Waals surface area contributed by atoms with Crippen molar-refractivity contribution in [2.24, 2.45) is 5.92 Å². The van der Waals surface area contributed by atoms with Crippen LogP contribution in [0.4, 0.5) is 5.69 Å². The molecule has 0 unspecified atom stereocenters. The van der Waals surface area contributed by atoms with Crippen LogP contribution in [-0.2, 0) is 16.1 Å². The second-order valence-electron chi connectivity index (χ2n) is 6.36. The third kappa shape index (κ3) is 5.61. The topological polar surface area (TPSA) is 85.3 Å². The lowest BCUT2D eigenvalue weighted by atomic mass is 10.2. The molecule has 0 bridgehead atoms. The number of anilines is 1. The molecule has 2 aromatic rings. The monoisotopic (exact) mass is 356 g/mol. The van der Waals surface area contributed by atoms with E-state index in [1.54, 1.807) is 12.5 Å². The van der Waals surface area contributed by atoms with Crippen LogP contribution in [0.3, 0.4) is 0 Å². The number of aromatic nitrogens is 2. The fourth-order valence-electron chi connectivity index (χ4n) is 2.54. The summed E-state index contributed by atoms with van der Waals surface area (Å²) in [6.45, 7) is 1.70. The summed E-state index contributed by atoms with van der Waals surface area (Å²) in [4.78, 5) is 27.7. The number of hydrogen-bond acceptors (Lipinski definition) is 4. The average molecular weight is 356 g/mol. The lowest BCUT2D eigenvalue weighted by Gasteiger charge is -2.13. The summed E-state index contributed by atoms with van der Waals surface area (Å²) in [6, 6.07) is 7.38. The first kappa shape index (κ1) is 18.0. The minimum Gasteiger partial charge on any atom is -0.490 e. The van der Waals surface area contributed by atoms with Gasteiger partial charge in [-0.2, -0.15) is 0 Å². The summed E-state index contributed by atoms with van der Waals surface area (Å²) in [5.74, 6) is 0.872. The van der Waals surface area contributed by atoms with Crippen molar-refractivity contribution in [3.63, 3.8) is 0 Å². The van der Waals surface area contributed by atoms with Crippen LogP contribution >= 0.6 is 0 Å². The second kappa shape index (κ2) is 9.03. The van der Waals surface area contributed by atoms with E-state index in [-0.39, 0.29) is 17.7 Å². The molecule has 1 fully saturated rings. The third-order valence-corrected chi connectivity index (χ3v) is 4.16. The standard InChI is InChI=1S/C19H24N4O3/c24-18(6-3-9-21-19(25)15-7-8-15)22-16-4-1-2-5-17(16)26-13-12-23-11-10-20-14-23/h1-2,4-5,10-11,14-15H,3,6-9,12-13H2,(H,21,25)(H,22,24). The molecular formula is C19H24N4O3. The van der Waals surface area contributed by atoms with E-state index in [9.17, 15) is 9.59 Å². The molecule has 26 heavy (non-hydrogen) atoms. The van der Waals surface area contributed by atoms with E-state index in [0.29, 0.717) is 44.0 Å². The summed E-state index contributed by atoms with van der Waals surface area (Å²) < 4.78 is 7.71. The SMILES string of the molecule is O=C(CCCNC(=O)C1CC1)Nc1ccccc1OCCn1ccnc1. The second-order valence-corrected chi connectivity index (χ2v) is 6.36. The number of carbonyl (C=O) groups excluding carboxylic acids is 2. The van der Waals surface area contributed by atoms with E-state index in [1.165, 1.54) is 0 Å². The van der Waals surface area contributed by atoms with Gasteiger partial charge < -0.3 is 19.9 Å². The molecule has 1 saturated carbocycles. The molecule has 1 aliphatic rings. The number of nitrogens with one attached hydrogen (secondary N) is 2. The normalized spacial score (nSPS) is 13.2. The Kier molecular flexibility index (Phi) is 6.24. The summed E-state index contributed by atoms with van der Waals surface area (Å²) in [5, 5.41) is 5.75. The van der Waals surface area contributed by atoms with Gasteiger partial charge in [0.05, 0.1) is 18.6 Å². The Bertz CT molecular complexity index is 726. The van der Waals surface area contributed by atoms with Crippen LogP contribution in [0.15, 0.2) is 43.0 Å². The van der Waals surface area contributed by atoms with E-state index in [0.717, 1.165) is 12.8 Å². The minimum atomic E-state index is -0.0867. The summed E-state index contributed by atoms with van der Waals surface area (Å²) in [6.07, 6.45) is 8.29. The van der Waals surface area contributed by atoms with E-state index in [1.807, 2.05) is 35.0 Å². The Labute approximate surface area is 152 Å². The molecule has 3 rings (SSSR count). The minimum absolute atomic E-state index is 0.0867. The van der Waals surface area contributed by atoms with Crippen molar-refractivity contribution in [1.29, 1.82) is 0 Å². The van der Waals surface area contributed by atoms with E-state index in [4.69, 9.17) is 4.74 Å². The zero-order valence-corrected chi connectivity index (χ0v) is 14.7. The molecule has 0 radical (unpaired) electrons. The number of rotatable bonds is 10. The molecule has 7 heteroatoms. The van der Waals surface area contributed by atoms with Gasteiger partial charge in [0.1, 0.15) is 12.4 Å². The van der Waals surface area contributed by atoms with Gasteiger partial charge in [-0.3, -0.25) is 9.59 Å². The number of amides is 2. The van der Waals surface area contributed by atoms with E-state index < -0.39 is 0 Å². The van der Waals surface area contributed by atoms with Crippen molar-refractivity contribution >= 4 is 17.5 Å². The molecule has 1 aromatic heterocycles. The summed E-state index contributed by atoms with van der Waals surface area (Å²) in [5.41, 5.74) is 0.658. The quantitative estimate of drug-likeness (QED) is 0.639.